The number of rotatable bonds is 6. The first kappa shape index (κ1) is 15.1. The van der Waals surface area contributed by atoms with E-state index in [4.69, 9.17) is 11.6 Å². The second kappa shape index (κ2) is 6.90. The van der Waals surface area contributed by atoms with Gasteiger partial charge in [-0.3, -0.25) is 4.98 Å². The number of benzene rings is 1. The van der Waals surface area contributed by atoms with Crippen LogP contribution in [0.5, 0.6) is 0 Å². The molecule has 20 heavy (non-hydrogen) atoms. The summed E-state index contributed by atoms with van der Waals surface area (Å²) in [6.07, 6.45) is 6.85. The summed E-state index contributed by atoms with van der Waals surface area (Å²) in [6, 6.07) is 14.5. The van der Waals surface area contributed by atoms with Gasteiger partial charge in [-0.1, -0.05) is 50.2 Å². The van der Waals surface area contributed by atoms with E-state index in [2.05, 4.69) is 49.2 Å². The molecule has 2 heteroatoms. The molecule has 2 rings (SSSR count). The highest BCUT2D eigenvalue weighted by molar-refractivity contribution is 6.21. The lowest BCUT2D eigenvalue weighted by molar-refractivity contribution is 0.246. The Morgan fingerprint density at radius 2 is 1.75 bits per heavy atom. The van der Waals surface area contributed by atoms with Crippen molar-refractivity contribution < 1.29 is 0 Å². The number of hydrogen-bond acceptors (Lipinski definition) is 1. The summed E-state index contributed by atoms with van der Waals surface area (Å²) >= 11 is 6.86. The van der Waals surface area contributed by atoms with Crippen LogP contribution in [0.15, 0.2) is 54.9 Å². The van der Waals surface area contributed by atoms with E-state index in [0.29, 0.717) is 0 Å². The molecule has 0 aliphatic rings. The van der Waals surface area contributed by atoms with Crippen molar-refractivity contribution >= 4 is 11.6 Å². The average Bonchev–Trinajstić information content (AvgIpc) is 2.54. The molecule has 1 aromatic heterocycles. The Hall–Kier alpha value is -1.34. The Kier molecular flexibility index (Phi) is 5.19. The molecule has 0 saturated carbocycles. The number of halogens is 1. The van der Waals surface area contributed by atoms with Gasteiger partial charge in [-0.15, -0.1) is 11.6 Å². The molecule has 1 nitrogen and oxygen atoms in total. The molecule has 0 N–H and O–H groups in total. The molecular weight excluding hydrogens is 266 g/mol. The Morgan fingerprint density at radius 1 is 1.05 bits per heavy atom. The number of alkyl halides is 1. The van der Waals surface area contributed by atoms with Gasteiger partial charge < -0.3 is 0 Å². The molecule has 106 valence electrons. The van der Waals surface area contributed by atoms with Gasteiger partial charge in [-0.05, 0) is 41.9 Å². The first-order valence-electron chi connectivity index (χ1n) is 7.30. The molecule has 0 aliphatic heterocycles. The molecule has 1 aromatic carbocycles. The van der Waals surface area contributed by atoms with Crippen molar-refractivity contribution in [3.8, 4) is 0 Å². The second-order valence-corrected chi connectivity index (χ2v) is 5.82. The minimum Gasteiger partial charge on any atom is -0.264 e. The normalized spacial score (nSPS) is 13.2. The van der Waals surface area contributed by atoms with E-state index in [1.165, 1.54) is 11.1 Å². The third-order valence-corrected chi connectivity index (χ3v) is 5.03. The number of nitrogens with zero attached hydrogens (tertiary/aromatic N) is 1. The van der Waals surface area contributed by atoms with Gasteiger partial charge in [-0.2, -0.15) is 0 Å². The first-order chi connectivity index (χ1) is 9.72. The van der Waals surface area contributed by atoms with Crippen LogP contribution >= 0.6 is 11.6 Å². The molecule has 0 amide bonds. The maximum absolute atomic E-state index is 6.86. The Bertz CT molecular complexity index is 505. The molecule has 0 bridgehead atoms. The van der Waals surface area contributed by atoms with Crippen molar-refractivity contribution in [1.82, 2.24) is 4.98 Å². The number of hydrogen-bond donors (Lipinski definition) is 0. The molecule has 2 aromatic rings. The van der Waals surface area contributed by atoms with Crippen LogP contribution in [0, 0.1) is 5.41 Å². The zero-order valence-electron chi connectivity index (χ0n) is 12.2. The van der Waals surface area contributed by atoms with Gasteiger partial charge in [0.05, 0.1) is 5.38 Å². The van der Waals surface area contributed by atoms with Crippen LogP contribution in [-0.2, 0) is 6.42 Å². The molecule has 1 unspecified atom stereocenters. The summed E-state index contributed by atoms with van der Waals surface area (Å²) in [5.41, 5.74) is 2.55. The van der Waals surface area contributed by atoms with Gasteiger partial charge in [0.2, 0.25) is 0 Å². The summed E-state index contributed by atoms with van der Waals surface area (Å²) < 4.78 is 0. The molecule has 0 saturated heterocycles. The van der Waals surface area contributed by atoms with E-state index in [1.54, 1.807) is 0 Å². The Labute approximate surface area is 127 Å². The smallest absolute Gasteiger partial charge is 0.0644 e. The fourth-order valence-corrected chi connectivity index (χ4v) is 3.36. The van der Waals surface area contributed by atoms with Crippen LogP contribution in [-0.4, -0.2) is 4.98 Å². The highest BCUT2D eigenvalue weighted by Crippen LogP contribution is 2.47. The van der Waals surface area contributed by atoms with Crippen LogP contribution < -0.4 is 0 Å². The van der Waals surface area contributed by atoms with Gasteiger partial charge in [-0.25, -0.2) is 0 Å². The molecule has 0 spiro atoms. The van der Waals surface area contributed by atoms with Gasteiger partial charge in [0.25, 0.3) is 0 Å². The predicted molar refractivity (Wildman–Crippen MR) is 86.0 cm³/mol. The van der Waals surface area contributed by atoms with Crippen LogP contribution in [0.25, 0.3) is 0 Å². The highest BCUT2D eigenvalue weighted by Gasteiger charge is 2.35. The quantitative estimate of drug-likeness (QED) is 0.647. The SMILES string of the molecule is CCC(CC)(Cc1cccnc1)C(Cl)c1ccccc1. The lowest BCUT2D eigenvalue weighted by atomic mass is 9.72. The maximum atomic E-state index is 6.86. The molecule has 1 atom stereocenters. The van der Waals surface area contributed by atoms with Crippen molar-refractivity contribution in [3.63, 3.8) is 0 Å². The standard InChI is InChI=1S/C18H22ClN/c1-3-18(4-2,13-15-9-8-12-20-14-15)17(19)16-10-6-5-7-11-16/h5-12,14,17H,3-4,13H2,1-2H3. The van der Waals surface area contributed by atoms with Crippen LogP contribution in [0.2, 0.25) is 0 Å². The highest BCUT2D eigenvalue weighted by atomic mass is 35.5. The molecule has 0 fully saturated rings. The van der Waals surface area contributed by atoms with E-state index < -0.39 is 0 Å². The zero-order chi connectivity index (χ0) is 14.4. The Morgan fingerprint density at radius 3 is 2.30 bits per heavy atom. The lowest BCUT2D eigenvalue weighted by Crippen LogP contribution is -2.27. The van der Waals surface area contributed by atoms with E-state index in [9.17, 15) is 0 Å². The summed E-state index contributed by atoms with van der Waals surface area (Å²) in [5.74, 6) is 0. The minimum absolute atomic E-state index is 0.0268. The predicted octanol–water partition coefficient (Wildman–Crippen LogP) is 5.41. The largest absolute Gasteiger partial charge is 0.264 e. The third kappa shape index (κ3) is 3.21. The topological polar surface area (TPSA) is 12.9 Å². The van der Waals surface area contributed by atoms with Crippen LogP contribution in [0.1, 0.15) is 43.2 Å². The molecular formula is C18H22ClN. The summed E-state index contributed by atoms with van der Waals surface area (Å²) in [6.45, 7) is 4.47. The van der Waals surface area contributed by atoms with Crippen molar-refractivity contribution in [2.24, 2.45) is 5.41 Å². The molecule has 0 radical (unpaired) electrons. The average molecular weight is 288 g/mol. The molecule has 1 heterocycles. The summed E-state index contributed by atoms with van der Waals surface area (Å²) in [7, 11) is 0. The lowest BCUT2D eigenvalue weighted by Gasteiger charge is -2.37. The van der Waals surface area contributed by atoms with Gasteiger partial charge in [0.1, 0.15) is 0 Å². The zero-order valence-corrected chi connectivity index (χ0v) is 13.0. The van der Waals surface area contributed by atoms with Gasteiger partial charge in [0, 0.05) is 12.4 Å². The van der Waals surface area contributed by atoms with E-state index in [1.807, 2.05) is 24.5 Å². The van der Waals surface area contributed by atoms with Crippen molar-refractivity contribution in [2.75, 3.05) is 0 Å². The third-order valence-electron chi connectivity index (χ3n) is 4.32. The van der Waals surface area contributed by atoms with Gasteiger partial charge >= 0.3 is 0 Å². The summed E-state index contributed by atoms with van der Waals surface area (Å²) in [5, 5.41) is 0.0268. The van der Waals surface area contributed by atoms with Crippen LogP contribution in [0.3, 0.4) is 0 Å². The van der Waals surface area contributed by atoms with E-state index >= 15 is 0 Å². The second-order valence-electron chi connectivity index (χ2n) is 5.38. The first-order valence-corrected chi connectivity index (χ1v) is 7.73. The fraction of sp³-hybridized carbons (Fsp3) is 0.389. The van der Waals surface area contributed by atoms with Gasteiger partial charge in [0.15, 0.2) is 0 Å². The van der Waals surface area contributed by atoms with E-state index in [-0.39, 0.29) is 10.8 Å². The fourth-order valence-electron chi connectivity index (χ4n) is 2.83. The minimum atomic E-state index is 0.0268. The Balaban J connectivity index is 2.29. The van der Waals surface area contributed by atoms with Crippen molar-refractivity contribution in [3.05, 3.63) is 66.0 Å². The number of aromatic nitrogens is 1. The van der Waals surface area contributed by atoms with Crippen LogP contribution in [0.4, 0.5) is 0 Å². The van der Waals surface area contributed by atoms with Crippen molar-refractivity contribution in [2.45, 2.75) is 38.5 Å². The van der Waals surface area contributed by atoms with Crippen molar-refractivity contribution in [1.29, 1.82) is 0 Å². The van der Waals surface area contributed by atoms with E-state index in [0.717, 1.165) is 19.3 Å². The number of pyridine rings is 1. The monoisotopic (exact) mass is 287 g/mol. The molecule has 0 aliphatic carbocycles. The summed E-state index contributed by atoms with van der Waals surface area (Å²) in [4.78, 5) is 4.23. The maximum Gasteiger partial charge on any atom is 0.0644 e.